The number of piperidine rings is 1. The number of carbonyl (C=O) groups excluding carboxylic acids is 2. The van der Waals surface area contributed by atoms with Crippen molar-refractivity contribution in [2.75, 3.05) is 36.9 Å². The van der Waals surface area contributed by atoms with E-state index in [0.29, 0.717) is 23.8 Å². The topological polar surface area (TPSA) is 70.7 Å². The van der Waals surface area contributed by atoms with Gasteiger partial charge >= 0.3 is 0 Å². The molecule has 0 bridgehead atoms. The number of rotatable bonds is 10. The van der Waals surface area contributed by atoms with E-state index in [1.807, 2.05) is 47.4 Å². The molecule has 1 fully saturated rings. The number of hydrogen-bond acceptors (Lipinski definition) is 4. The maximum Gasteiger partial charge on any atom is 0.253 e. The van der Waals surface area contributed by atoms with Crippen molar-refractivity contribution >= 4 is 23.2 Å². The Balaban J connectivity index is 1.22. The molecule has 1 saturated heterocycles. The van der Waals surface area contributed by atoms with Gasteiger partial charge in [-0.15, -0.1) is 0 Å². The molecule has 3 aromatic carbocycles. The lowest BCUT2D eigenvalue weighted by atomic mass is 9.98. The summed E-state index contributed by atoms with van der Waals surface area (Å²) in [6.45, 7) is 4.55. The minimum Gasteiger partial charge on any atom is -0.491 e. The first kappa shape index (κ1) is 25.3. The third-order valence-electron chi connectivity index (χ3n) is 6.52. The summed E-state index contributed by atoms with van der Waals surface area (Å²) in [7, 11) is 0. The van der Waals surface area contributed by atoms with Crippen LogP contribution in [0.5, 0.6) is 5.75 Å². The second-order valence-corrected chi connectivity index (χ2v) is 9.39. The van der Waals surface area contributed by atoms with Gasteiger partial charge in [0.2, 0.25) is 5.91 Å². The zero-order chi connectivity index (χ0) is 25.2. The van der Waals surface area contributed by atoms with Gasteiger partial charge in [-0.25, -0.2) is 0 Å². The Hall–Kier alpha value is -3.80. The van der Waals surface area contributed by atoms with Crippen LogP contribution in [0.4, 0.5) is 11.4 Å². The second kappa shape index (κ2) is 12.8. The van der Waals surface area contributed by atoms with Gasteiger partial charge < -0.3 is 20.3 Å². The van der Waals surface area contributed by atoms with E-state index in [4.69, 9.17) is 4.74 Å². The van der Waals surface area contributed by atoms with Gasteiger partial charge in [-0.05, 0) is 73.6 Å². The van der Waals surface area contributed by atoms with Crippen molar-refractivity contribution in [1.82, 2.24) is 4.90 Å². The van der Waals surface area contributed by atoms with Gasteiger partial charge in [0.25, 0.3) is 5.91 Å². The molecule has 0 atom stereocenters. The Bertz CT molecular complexity index is 1120. The highest BCUT2D eigenvalue weighted by Crippen LogP contribution is 2.24. The van der Waals surface area contributed by atoms with Crippen molar-refractivity contribution < 1.29 is 14.3 Å². The molecular weight excluding hydrogens is 450 g/mol. The number of likely N-dealkylation sites (tertiary alicyclic amines) is 1. The van der Waals surface area contributed by atoms with E-state index < -0.39 is 0 Å². The number of hydrogen-bond donors (Lipinski definition) is 2. The maximum absolute atomic E-state index is 12.7. The summed E-state index contributed by atoms with van der Waals surface area (Å²) in [5.41, 5.74) is 3.39. The average Bonchev–Trinajstić information content (AvgIpc) is 2.91. The Morgan fingerprint density at radius 3 is 2.36 bits per heavy atom. The summed E-state index contributed by atoms with van der Waals surface area (Å²) < 4.78 is 5.97. The van der Waals surface area contributed by atoms with Crippen molar-refractivity contribution in [2.45, 2.75) is 32.6 Å². The van der Waals surface area contributed by atoms with Crippen molar-refractivity contribution in [2.24, 2.45) is 5.92 Å². The molecular formula is C30H35N3O3. The molecule has 6 nitrogen and oxygen atoms in total. The van der Waals surface area contributed by atoms with Crippen LogP contribution in [0.15, 0.2) is 78.9 Å². The van der Waals surface area contributed by atoms with Gasteiger partial charge in [0, 0.05) is 24.3 Å². The summed E-state index contributed by atoms with van der Waals surface area (Å²) in [5.74, 6) is 1.30. The van der Waals surface area contributed by atoms with Crippen molar-refractivity contribution in [3.8, 4) is 5.75 Å². The van der Waals surface area contributed by atoms with Gasteiger partial charge in [0.1, 0.15) is 5.75 Å². The molecule has 188 valence electrons. The fourth-order valence-electron chi connectivity index (χ4n) is 4.31. The van der Waals surface area contributed by atoms with Crippen LogP contribution < -0.4 is 15.4 Å². The first-order valence-corrected chi connectivity index (χ1v) is 12.8. The Labute approximate surface area is 213 Å². The smallest absolute Gasteiger partial charge is 0.253 e. The predicted octanol–water partition coefficient (Wildman–Crippen LogP) is 5.62. The predicted molar refractivity (Wildman–Crippen MR) is 145 cm³/mol. The van der Waals surface area contributed by atoms with Crippen molar-refractivity contribution in [3.05, 3.63) is 90.0 Å². The molecule has 1 heterocycles. The van der Waals surface area contributed by atoms with Crippen molar-refractivity contribution in [1.29, 1.82) is 0 Å². The van der Waals surface area contributed by atoms with Gasteiger partial charge in [0.05, 0.1) is 18.8 Å². The molecule has 0 aromatic heterocycles. The zero-order valence-electron chi connectivity index (χ0n) is 20.9. The molecule has 0 aliphatic carbocycles. The van der Waals surface area contributed by atoms with Crippen LogP contribution in [-0.4, -0.2) is 43.0 Å². The average molecular weight is 486 g/mol. The van der Waals surface area contributed by atoms with E-state index in [1.54, 1.807) is 24.3 Å². The normalized spacial score (nSPS) is 13.8. The van der Waals surface area contributed by atoms with Gasteiger partial charge in [0.15, 0.2) is 0 Å². The summed E-state index contributed by atoms with van der Waals surface area (Å²) in [5, 5.41) is 6.06. The van der Waals surface area contributed by atoms with Crippen molar-refractivity contribution in [3.63, 3.8) is 0 Å². The minimum atomic E-state index is -0.169. The first-order valence-electron chi connectivity index (χ1n) is 12.8. The number of ether oxygens (including phenoxy) is 1. The Morgan fingerprint density at radius 2 is 1.61 bits per heavy atom. The number of nitrogens with one attached hydrogen (secondary N) is 2. The number of anilines is 2. The van der Waals surface area contributed by atoms with Crippen LogP contribution in [0.2, 0.25) is 0 Å². The molecule has 0 spiro atoms. The lowest BCUT2D eigenvalue weighted by Crippen LogP contribution is -2.37. The van der Waals surface area contributed by atoms with Crippen LogP contribution in [0.3, 0.4) is 0 Å². The molecule has 2 N–H and O–H groups in total. The number of aryl methyl sites for hydroxylation is 1. The Kier molecular flexibility index (Phi) is 8.98. The molecule has 0 saturated carbocycles. The summed E-state index contributed by atoms with van der Waals surface area (Å²) in [6.07, 6.45) is 3.97. The van der Waals surface area contributed by atoms with Crippen LogP contribution in [0.1, 0.15) is 42.1 Å². The molecule has 1 aliphatic heterocycles. The summed E-state index contributed by atoms with van der Waals surface area (Å²) in [4.78, 5) is 27.2. The highest BCUT2D eigenvalue weighted by atomic mass is 16.5. The highest BCUT2D eigenvalue weighted by molar-refractivity contribution is 5.96. The lowest BCUT2D eigenvalue weighted by Gasteiger charge is -2.30. The number of amides is 2. The quantitative estimate of drug-likeness (QED) is 0.366. The largest absolute Gasteiger partial charge is 0.491 e. The standard InChI is InChI=1S/C30H35N3O3/c1-23-17-19-33(20-18-23)30(35)25-13-15-26(16-14-25)32-29(34)22-31-27-11-5-6-12-28(27)36-21-7-10-24-8-3-2-4-9-24/h2-6,8-9,11-16,23,31H,7,10,17-22H2,1H3,(H,32,34). The fourth-order valence-corrected chi connectivity index (χ4v) is 4.31. The SMILES string of the molecule is CC1CCN(C(=O)c2ccc(NC(=O)CNc3ccccc3OCCCc3ccccc3)cc2)CC1. The number of benzene rings is 3. The molecule has 0 unspecified atom stereocenters. The van der Waals surface area contributed by atoms with Crippen LogP contribution in [0.25, 0.3) is 0 Å². The second-order valence-electron chi connectivity index (χ2n) is 9.39. The van der Waals surface area contributed by atoms with Gasteiger partial charge in [-0.2, -0.15) is 0 Å². The highest BCUT2D eigenvalue weighted by Gasteiger charge is 2.21. The first-order chi connectivity index (χ1) is 17.6. The zero-order valence-corrected chi connectivity index (χ0v) is 20.9. The minimum absolute atomic E-state index is 0.0572. The van der Waals surface area contributed by atoms with E-state index in [2.05, 4.69) is 29.7 Å². The number of carbonyl (C=O) groups is 2. The molecule has 6 heteroatoms. The van der Waals surface area contributed by atoms with Crippen LogP contribution in [0, 0.1) is 5.92 Å². The third kappa shape index (κ3) is 7.35. The molecule has 3 aromatic rings. The summed E-state index contributed by atoms with van der Waals surface area (Å²) >= 11 is 0. The summed E-state index contributed by atoms with van der Waals surface area (Å²) in [6, 6.07) is 25.1. The molecule has 1 aliphatic rings. The van der Waals surface area contributed by atoms with E-state index in [-0.39, 0.29) is 18.4 Å². The van der Waals surface area contributed by atoms with E-state index in [9.17, 15) is 9.59 Å². The van der Waals surface area contributed by atoms with Crippen LogP contribution in [-0.2, 0) is 11.2 Å². The Morgan fingerprint density at radius 1 is 0.917 bits per heavy atom. The number of para-hydroxylation sites is 2. The van der Waals surface area contributed by atoms with Gasteiger partial charge in [-0.3, -0.25) is 9.59 Å². The van der Waals surface area contributed by atoms with Crippen LogP contribution >= 0.6 is 0 Å². The molecule has 4 rings (SSSR count). The van der Waals surface area contributed by atoms with Gasteiger partial charge in [-0.1, -0.05) is 49.4 Å². The maximum atomic E-state index is 12.7. The number of nitrogens with zero attached hydrogens (tertiary/aromatic N) is 1. The van der Waals surface area contributed by atoms with E-state index in [1.165, 1.54) is 5.56 Å². The fraction of sp³-hybridized carbons (Fsp3) is 0.333. The molecule has 2 amide bonds. The monoisotopic (exact) mass is 485 g/mol. The lowest BCUT2D eigenvalue weighted by molar-refractivity contribution is -0.114. The third-order valence-corrected chi connectivity index (χ3v) is 6.52. The molecule has 0 radical (unpaired) electrons. The molecule has 36 heavy (non-hydrogen) atoms. The van der Waals surface area contributed by atoms with E-state index >= 15 is 0 Å². The van der Waals surface area contributed by atoms with E-state index in [0.717, 1.165) is 50.2 Å².